The van der Waals surface area contributed by atoms with E-state index in [1.54, 1.807) is 11.3 Å². The first-order chi connectivity index (χ1) is 12.2. The van der Waals surface area contributed by atoms with Crippen molar-refractivity contribution in [3.05, 3.63) is 22.4 Å². The van der Waals surface area contributed by atoms with E-state index in [0.29, 0.717) is 6.54 Å². The molecular weight excluding hydrogens is 370 g/mol. The zero-order valence-corrected chi connectivity index (χ0v) is 17.8. The molecule has 1 aliphatic rings. The quantitative estimate of drug-likeness (QED) is 0.530. The number of hydrogen-bond acceptors (Lipinski definition) is 5. The summed E-state index contributed by atoms with van der Waals surface area (Å²) in [6, 6.07) is 4.28. The number of rotatable bonds is 7. The summed E-state index contributed by atoms with van der Waals surface area (Å²) in [5.74, 6) is 0.853. The van der Waals surface area contributed by atoms with Gasteiger partial charge in [0.15, 0.2) is 5.96 Å². The number of sulfonamides is 1. The molecule has 0 aromatic carbocycles. The molecule has 26 heavy (non-hydrogen) atoms. The van der Waals surface area contributed by atoms with Gasteiger partial charge >= 0.3 is 0 Å². The lowest BCUT2D eigenvalue weighted by atomic mass is 10.1. The monoisotopic (exact) mass is 401 g/mol. The molecule has 0 unspecified atom stereocenters. The van der Waals surface area contributed by atoms with Crippen molar-refractivity contribution >= 4 is 27.3 Å². The summed E-state index contributed by atoms with van der Waals surface area (Å²) < 4.78 is 25.6. The molecule has 1 aromatic heterocycles. The van der Waals surface area contributed by atoms with Crippen LogP contribution in [0, 0.1) is 0 Å². The summed E-state index contributed by atoms with van der Waals surface area (Å²) in [6.45, 7) is 11.7. The van der Waals surface area contributed by atoms with Crippen molar-refractivity contribution in [3.8, 4) is 0 Å². The van der Waals surface area contributed by atoms with E-state index >= 15 is 0 Å². The van der Waals surface area contributed by atoms with Crippen molar-refractivity contribution in [1.82, 2.24) is 19.8 Å². The van der Waals surface area contributed by atoms with Gasteiger partial charge in [-0.25, -0.2) is 13.1 Å². The summed E-state index contributed by atoms with van der Waals surface area (Å²) in [5.41, 5.74) is -0.616. The third kappa shape index (κ3) is 7.22. The molecule has 1 aromatic rings. The maximum absolute atomic E-state index is 11.5. The highest BCUT2D eigenvalue weighted by molar-refractivity contribution is 7.88. The van der Waals surface area contributed by atoms with Crippen LogP contribution in [0.1, 0.15) is 25.6 Å². The van der Waals surface area contributed by atoms with E-state index < -0.39 is 15.6 Å². The summed E-state index contributed by atoms with van der Waals surface area (Å²) in [7, 11) is -3.26. The van der Waals surface area contributed by atoms with Crippen LogP contribution < -0.4 is 10.0 Å². The fraction of sp³-hybridized carbons (Fsp3) is 0.706. The Morgan fingerprint density at radius 2 is 2.00 bits per heavy atom. The SMILES string of the molecule is CCNC(=NCC(C)(C)NS(C)(=O)=O)N1CCN(Cc2cccs2)CC1. The normalized spacial score (nSPS) is 17.5. The van der Waals surface area contributed by atoms with Crippen LogP contribution in [0.4, 0.5) is 0 Å². The lowest BCUT2D eigenvalue weighted by molar-refractivity contribution is 0.173. The Morgan fingerprint density at radius 1 is 1.31 bits per heavy atom. The average Bonchev–Trinajstić information content (AvgIpc) is 3.03. The van der Waals surface area contributed by atoms with Crippen molar-refractivity contribution in [2.45, 2.75) is 32.9 Å². The number of nitrogens with zero attached hydrogens (tertiary/aromatic N) is 3. The first kappa shape index (κ1) is 21.1. The first-order valence-corrected chi connectivity index (χ1v) is 11.7. The lowest BCUT2D eigenvalue weighted by Crippen LogP contribution is -2.53. The summed E-state index contributed by atoms with van der Waals surface area (Å²) in [6.07, 6.45) is 1.18. The standard InChI is InChI=1S/C17H31N5O2S2/c1-5-18-16(19-14-17(2,3)20-26(4,23)24)22-10-8-21(9-11-22)13-15-7-6-12-25-15/h6-7,12,20H,5,8-11,13-14H2,1-4H3,(H,18,19). The Hall–Kier alpha value is -1.16. The van der Waals surface area contributed by atoms with E-state index in [1.807, 2.05) is 20.8 Å². The van der Waals surface area contributed by atoms with Gasteiger partial charge in [0.2, 0.25) is 10.0 Å². The second-order valence-electron chi connectivity index (χ2n) is 7.27. The number of thiophene rings is 1. The highest BCUT2D eigenvalue weighted by Gasteiger charge is 2.24. The topological polar surface area (TPSA) is 77.0 Å². The molecule has 1 saturated heterocycles. The highest BCUT2D eigenvalue weighted by atomic mass is 32.2. The molecule has 0 bridgehead atoms. The van der Waals surface area contributed by atoms with Crippen LogP contribution in [-0.4, -0.2) is 75.2 Å². The predicted molar refractivity (Wildman–Crippen MR) is 109 cm³/mol. The van der Waals surface area contributed by atoms with Crippen molar-refractivity contribution in [2.75, 3.05) is 45.5 Å². The molecule has 0 atom stereocenters. The molecule has 0 radical (unpaired) electrons. The fourth-order valence-corrected chi connectivity index (χ4v) is 4.79. The van der Waals surface area contributed by atoms with E-state index in [0.717, 1.165) is 45.2 Å². The third-order valence-electron chi connectivity index (χ3n) is 4.05. The lowest BCUT2D eigenvalue weighted by Gasteiger charge is -2.36. The number of piperazine rings is 1. The number of hydrogen-bond donors (Lipinski definition) is 2. The third-order valence-corrected chi connectivity index (χ3v) is 5.84. The van der Waals surface area contributed by atoms with Gasteiger partial charge in [0.1, 0.15) is 0 Å². The van der Waals surface area contributed by atoms with Crippen molar-refractivity contribution in [2.24, 2.45) is 4.99 Å². The summed E-state index contributed by atoms with van der Waals surface area (Å²) in [4.78, 5) is 10.8. The zero-order valence-electron chi connectivity index (χ0n) is 16.2. The molecule has 0 saturated carbocycles. The molecule has 0 spiro atoms. The molecule has 9 heteroatoms. The Balaban J connectivity index is 1.92. The fourth-order valence-electron chi connectivity index (χ4n) is 2.97. The maximum Gasteiger partial charge on any atom is 0.209 e. The Kier molecular flexibility index (Phi) is 7.45. The zero-order chi connectivity index (χ0) is 19.2. The minimum Gasteiger partial charge on any atom is -0.357 e. The molecule has 7 nitrogen and oxygen atoms in total. The van der Waals surface area contributed by atoms with Crippen molar-refractivity contribution < 1.29 is 8.42 Å². The molecule has 0 aliphatic carbocycles. The highest BCUT2D eigenvalue weighted by Crippen LogP contribution is 2.14. The van der Waals surface area contributed by atoms with Gasteiger partial charge in [0.05, 0.1) is 12.8 Å². The molecule has 0 amide bonds. The predicted octanol–water partition coefficient (Wildman–Crippen LogP) is 1.16. The van der Waals surface area contributed by atoms with Gasteiger partial charge in [-0.05, 0) is 32.2 Å². The van der Waals surface area contributed by atoms with Gasteiger partial charge in [-0.2, -0.15) is 0 Å². The molecular formula is C17H31N5O2S2. The molecule has 1 fully saturated rings. The van der Waals surface area contributed by atoms with Gasteiger partial charge in [-0.1, -0.05) is 6.07 Å². The summed E-state index contributed by atoms with van der Waals surface area (Å²) >= 11 is 1.80. The smallest absolute Gasteiger partial charge is 0.209 e. The van der Waals surface area contributed by atoms with E-state index in [4.69, 9.17) is 0 Å². The van der Waals surface area contributed by atoms with Crippen LogP contribution in [0.15, 0.2) is 22.5 Å². The van der Waals surface area contributed by atoms with Gasteiger partial charge in [0.25, 0.3) is 0 Å². The van der Waals surface area contributed by atoms with Gasteiger partial charge in [0, 0.05) is 49.7 Å². The number of aliphatic imine (C=N–C) groups is 1. The Labute approximate surface area is 161 Å². The number of guanidine groups is 1. The van der Waals surface area contributed by atoms with Gasteiger partial charge < -0.3 is 10.2 Å². The van der Waals surface area contributed by atoms with Crippen molar-refractivity contribution in [3.63, 3.8) is 0 Å². The van der Waals surface area contributed by atoms with Crippen LogP contribution >= 0.6 is 11.3 Å². The van der Waals surface area contributed by atoms with Crippen LogP contribution in [-0.2, 0) is 16.6 Å². The molecule has 2 rings (SSSR count). The van der Waals surface area contributed by atoms with Crippen LogP contribution in [0.25, 0.3) is 0 Å². The second kappa shape index (κ2) is 9.16. The van der Waals surface area contributed by atoms with Crippen LogP contribution in [0.2, 0.25) is 0 Å². The number of nitrogens with one attached hydrogen (secondary N) is 2. The minimum atomic E-state index is -3.26. The van der Waals surface area contributed by atoms with Gasteiger partial charge in [-0.15, -0.1) is 11.3 Å². The minimum absolute atomic E-state index is 0.387. The van der Waals surface area contributed by atoms with E-state index in [1.165, 1.54) is 11.1 Å². The van der Waals surface area contributed by atoms with E-state index in [9.17, 15) is 8.42 Å². The Bertz CT molecular complexity index is 678. The van der Waals surface area contributed by atoms with Gasteiger partial charge in [-0.3, -0.25) is 9.89 Å². The van der Waals surface area contributed by atoms with E-state index in [2.05, 4.69) is 42.3 Å². The largest absolute Gasteiger partial charge is 0.357 e. The Morgan fingerprint density at radius 3 is 2.54 bits per heavy atom. The maximum atomic E-state index is 11.5. The second-order valence-corrected chi connectivity index (χ2v) is 10.1. The molecule has 1 aliphatic heterocycles. The first-order valence-electron chi connectivity index (χ1n) is 8.95. The molecule has 148 valence electrons. The van der Waals surface area contributed by atoms with Crippen LogP contribution in [0.5, 0.6) is 0 Å². The summed E-state index contributed by atoms with van der Waals surface area (Å²) in [5, 5.41) is 5.45. The average molecular weight is 402 g/mol. The van der Waals surface area contributed by atoms with E-state index in [-0.39, 0.29) is 0 Å². The van der Waals surface area contributed by atoms with Crippen LogP contribution in [0.3, 0.4) is 0 Å². The molecule has 2 N–H and O–H groups in total. The van der Waals surface area contributed by atoms with Crippen molar-refractivity contribution in [1.29, 1.82) is 0 Å². The molecule has 2 heterocycles.